The van der Waals surface area contributed by atoms with Crippen molar-refractivity contribution in [2.45, 2.75) is 89.0 Å². The number of piperidine rings is 1. The summed E-state index contributed by atoms with van der Waals surface area (Å²) in [7, 11) is 2.61. The number of carbonyl (C=O) groups is 4. The summed E-state index contributed by atoms with van der Waals surface area (Å²) in [6.45, 7) is 5.53. The Hall–Kier alpha value is -5.70. The number of rotatable bonds is 11. The van der Waals surface area contributed by atoms with Gasteiger partial charge in [-0.3, -0.25) is 9.59 Å². The van der Waals surface area contributed by atoms with Crippen LogP contribution >= 0.6 is 0 Å². The van der Waals surface area contributed by atoms with Crippen LogP contribution in [0.2, 0.25) is 0 Å². The third kappa shape index (κ3) is 8.17. The lowest BCUT2D eigenvalue weighted by Gasteiger charge is -2.39. The maximum Gasteiger partial charge on any atom is 0.407 e. The van der Waals surface area contributed by atoms with Crippen molar-refractivity contribution in [3.63, 3.8) is 0 Å². The number of methoxy groups -OCH3 is 2. The summed E-state index contributed by atoms with van der Waals surface area (Å²) < 4.78 is 15.2. The number of benzene rings is 2. The number of hydrogen-bond acceptors (Lipinski definition) is 9. The highest BCUT2D eigenvalue weighted by molar-refractivity contribution is 5.87. The van der Waals surface area contributed by atoms with Gasteiger partial charge in [-0.2, -0.15) is 0 Å². The first-order valence-corrected chi connectivity index (χ1v) is 20.8. The van der Waals surface area contributed by atoms with Crippen LogP contribution in [0, 0.1) is 17.8 Å². The summed E-state index contributed by atoms with van der Waals surface area (Å²) in [4.78, 5) is 72.6. The van der Waals surface area contributed by atoms with Gasteiger partial charge in [-0.1, -0.05) is 62.4 Å². The van der Waals surface area contributed by atoms with Crippen molar-refractivity contribution in [1.82, 2.24) is 40.4 Å². The zero-order valence-corrected chi connectivity index (χ0v) is 34.1. The normalized spacial score (nSPS) is 22.7. The van der Waals surface area contributed by atoms with Gasteiger partial charge in [0.2, 0.25) is 11.8 Å². The van der Waals surface area contributed by atoms with E-state index in [-0.39, 0.29) is 41.8 Å². The van der Waals surface area contributed by atoms with Crippen LogP contribution in [0.1, 0.15) is 82.5 Å². The first kappa shape index (κ1) is 40.1. The zero-order chi connectivity index (χ0) is 41.2. The van der Waals surface area contributed by atoms with Crippen LogP contribution in [-0.4, -0.2) is 106 Å². The quantitative estimate of drug-likeness (QED) is 0.134. The van der Waals surface area contributed by atoms with Crippen molar-refractivity contribution in [2.24, 2.45) is 17.8 Å². The molecule has 3 unspecified atom stereocenters. The fourth-order valence-electron chi connectivity index (χ4n) is 9.60. The van der Waals surface area contributed by atoms with Crippen LogP contribution in [0.3, 0.4) is 0 Å². The maximum atomic E-state index is 14.3. The SMILES string of the molecule is COC(=O)N[C@H](C(=O)N1CCC[C@H]1c1ncc(-c2ccc(-c3ccc(-c4cnc(C5C6CCC(C6)N5C(=O)[C@@H](NC(=O)OC)C5CCOCC5)[nH]4)cc3)cc2)[nH]1)C(C)C. The van der Waals surface area contributed by atoms with E-state index in [0.717, 1.165) is 77.4 Å². The second-order valence-corrected chi connectivity index (χ2v) is 16.5. The highest BCUT2D eigenvalue weighted by Crippen LogP contribution is 2.50. The van der Waals surface area contributed by atoms with Crippen LogP contribution in [0.5, 0.6) is 0 Å². The molecule has 4 amide bonds. The van der Waals surface area contributed by atoms with Crippen LogP contribution < -0.4 is 10.6 Å². The van der Waals surface area contributed by atoms with Gasteiger partial charge in [0.1, 0.15) is 23.7 Å². The Bertz CT molecular complexity index is 2130. The highest BCUT2D eigenvalue weighted by Gasteiger charge is 2.52. The van der Waals surface area contributed by atoms with Crippen molar-refractivity contribution in [3.8, 4) is 33.6 Å². The van der Waals surface area contributed by atoms with E-state index in [1.54, 1.807) is 6.20 Å². The smallest absolute Gasteiger partial charge is 0.407 e. The third-order valence-electron chi connectivity index (χ3n) is 12.7. The number of likely N-dealkylation sites (tertiary alicyclic amines) is 2. The van der Waals surface area contributed by atoms with Gasteiger partial charge in [0.25, 0.3) is 0 Å². The zero-order valence-electron chi connectivity index (χ0n) is 34.1. The van der Waals surface area contributed by atoms with E-state index in [0.29, 0.717) is 38.5 Å². The Kier molecular flexibility index (Phi) is 11.7. The summed E-state index contributed by atoms with van der Waals surface area (Å²) in [6.07, 6.45) is 8.37. The second-order valence-electron chi connectivity index (χ2n) is 16.5. The molecule has 3 saturated heterocycles. The Morgan fingerprint density at radius 2 is 1.32 bits per heavy atom. The number of imidazole rings is 2. The molecule has 4 aliphatic rings. The fourth-order valence-corrected chi connectivity index (χ4v) is 9.60. The van der Waals surface area contributed by atoms with E-state index in [1.807, 2.05) is 29.8 Å². The molecule has 2 bridgehead atoms. The predicted molar refractivity (Wildman–Crippen MR) is 218 cm³/mol. The van der Waals surface area contributed by atoms with Crippen LogP contribution in [0.15, 0.2) is 60.9 Å². The Morgan fingerprint density at radius 3 is 1.93 bits per heavy atom. The number of carbonyl (C=O) groups excluding carboxylic acids is 4. The number of nitrogens with one attached hydrogen (secondary N) is 4. The molecule has 0 radical (unpaired) electrons. The lowest BCUT2D eigenvalue weighted by atomic mass is 9.89. The standard InChI is InChI=1S/C44H54N8O7/c1-25(2)36(49-43(55)57-3)41(53)51-19-5-6-35(51)39-45-23-33(47-39)28-11-7-26(8-12-28)27-9-13-29(14-10-27)34-24-46-40(48-34)38-31-15-16-32(22-31)52(38)42(54)37(50-44(56)58-4)30-17-20-59-21-18-30/h7-14,23-25,30-32,35-38H,5-6,15-22H2,1-4H3,(H,45,47)(H,46,48)(H,49,55)(H,50,56)/t31?,32?,35-,36-,37-,38?/m0/s1. The van der Waals surface area contributed by atoms with Crippen molar-refractivity contribution in [3.05, 3.63) is 72.6 Å². The van der Waals surface area contributed by atoms with Crippen LogP contribution in [0.4, 0.5) is 9.59 Å². The van der Waals surface area contributed by atoms with Crippen molar-refractivity contribution in [2.75, 3.05) is 34.0 Å². The van der Waals surface area contributed by atoms with Crippen LogP contribution in [-0.2, 0) is 23.8 Å². The average molecular weight is 807 g/mol. The molecule has 0 spiro atoms. The summed E-state index contributed by atoms with van der Waals surface area (Å²) in [5, 5.41) is 5.57. The first-order chi connectivity index (χ1) is 28.6. The lowest BCUT2D eigenvalue weighted by molar-refractivity contribution is -0.140. The number of amides is 4. The molecule has 8 rings (SSSR count). The Labute approximate surface area is 344 Å². The van der Waals surface area contributed by atoms with E-state index in [9.17, 15) is 19.2 Å². The minimum absolute atomic E-state index is 0.0233. The van der Waals surface area contributed by atoms with E-state index >= 15 is 0 Å². The number of aromatic amines is 2. The van der Waals surface area contributed by atoms with Gasteiger partial charge in [-0.05, 0) is 85.0 Å². The monoisotopic (exact) mass is 806 g/mol. The molecule has 6 atom stereocenters. The topological polar surface area (TPSA) is 184 Å². The third-order valence-corrected chi connectivity index (χ3v) is 12.7. The maximum absolute atomic E-state index is 14.3. The number of fused-ring (bicyclic) bond motifs is 2. The predicted octanol–water partition coefficient (Wildman–Crippen LogP) is 6.38. The molecule has 1 saturated carbocycles. The molecule has 4 fully saturated rings. The van der Waals surface area contributed by atoms with Gasteiger partial charge < -0.3 is 44.6 Å². The number of H-pyrrole nitrogens is 2. The van der Waals surface area contributed by atoms with Crippen molar-refractivity contribution < 1.29 is 33.4 Å². The van der Waals surface area contributed by atoms with Crippen LogP contribution in [0.25, 0.3) is 33.6 Å². The molecule has 4 N–H and O–H groups in total. The Balaban J connectivity index is 0.937. The first-order valence-electron chi connectivity index (χ1n) is 20.8. The van der Waals surface area contributed by atoms with E-state index in [1.165, 1.54) is 14.2 Å². The molecule has 1 aliphatic carbocycles. The van der Waals surface area contributed by atoms with Crippen molar-refractivity contribution in [1.29, 1.82) is 0 Å². The number of ether oxygens (including phenoxy) is 3. The Morgan fingerprint density at radius 1 is 0.746 bits per heavy atom. The minimum Gasteiger partial charge on any atom is -0.453 e. The molecule has 15 heteroatoms. The van der Waals surface area contributed by atoms with Gasteiger partial charge in [0.05, 0.1) is 50.1 Å². The van der Waals surface area contributed by atoms with Gasteiger partial charge in [-0.15, -0.1) is 0 Å². The van der Waals surface area contributed by atoms with E-state index < -0.39 is 24.3 Å². The van der Waals surface area contributed by atoms with Gasteiger partial charge >= 0.3 is 12.2 Å². The summed E-state index contributed by atoms with van der Waals surface area (Å²) >= 11 is 0. The fraction of sp³-hybridized carbons (Fsp3) is 0.500. The van der Waals surface area contributed by atoms with Gasteiger partial charge in [-0.25, -0.2) is 19.6 Å². The minimum atomic E-state index is -0.689. The molecule has 15 nitrogen and oxygen atoms in total. The number of nitrogens with zero attached hydrogens (tertiary/aromatic N) is 4. The largest absolute Gasteiger partial charge is 0.453 e. The van der Waals surface area contributed by atoms with Gasteiger partial charge in [0.15, 0.2) is 0 Å². The molecule has 2 aromatic heterocycles. The molecular weight excluding hydrogens is 753 g/mol. The molecule has 5 heterocycles. The highest BCUT2D eigenvalue weighted by atomic mass is 16.5. The average Bonchev–Trinajstić information content (AvgIpc) is 4.13. The second kappa shape index (κ2) is 17.3. The molecule has 4 aromatic rings. The lowest BCUT2D eigenvalue weighted by Crippen LogP contribution is -2.55. The summed E-state index contributed by atoms with van der Waals surface area (Å²) in [5.41, 5.74) is 5.83. The summed E-state index contributed by atoms with van der Waals surface area (Å²) in [5.74, 6) is 1.46. The molecular formula is C44H54N8O7. The summed E-state index contributed by atoms with van der Waals surface area (Å²) in [6, 6.07) is 15.0. The van der Waals surface area contributed by atoms with Crippen molar-refractivity contribution >= 4 is 24.0 Å². The number of aromatic nitrogens is 4. The molecule has 312 valence electrons. The number of hydrogen-bond donors (Lipinski definition) is 4. The van der Waals surface area contributed by atoms with E-state index in [4.69, 9.17) is 19.2 Å². The molecule has 59 heavy (non-hydrogen) atoms. The molecule has 2 aromatic carbocycles. The van der Waals surface area contributed by atoms with Gasteiger partial charge in [0, 0.05) is 25.8 Å². The number of alkyl carbamates (subject to hydrolysis) is 2. The van der Waals surface area contributed by atoms with E-state index in [2.05, 4.69) is 74.1 Å². The molecule has 3 aliphatic heterocycles.